The smallest absolute Gasteiger partial charge is 0.228 e. The summed E-state index contributed by atoms with van der Waals surface area (Å²) in [4.78, 5) is 11.9. The number of carbonyl (C=O) groups is 1. The summed E-state index contributed by atoms with van der Waals surface area (Å²) in [7, 11) is 0. The molecule has 0 aliphatic rings. The van der Waals surface area contributed by atoms with Crippen LogP contribution < -0.4 is 5.32 Å². The number of nitriles is 1. The molecule has 0 saturated carbocycles. The number of benzene rings is 2. The van der Waals surface area contributed by atoms with E-state index in [1.807, 2.05) is 37.3 Å². The third-order valence-corrected chi connectivity index (χ3v) is 2.72. The lowest BCUT2D eigenvalue weighted by molar-refractivity contribution is -0.115. The Balaban J connectivity index is 2.03. The maximum Gasteiger partial charge on any atom is 0.228 e. The van der Waals surface area contributed by atoms with Gasteiger partial charge in [-0.1, -0.05) is 35.9 Å². The molecule has 0 radical (unpaired) electrons. The highest BCUT2D eigenvalue weighted by molar-refractivity contribution is 5.92. The van der Waals surface area contributed by atoms with Crippen molar-refractivity contribution in [1.82, 2.24) is 0 Å². The zero-order valence-electron chi connectivity index (χ0n) is 10.7. The van der Waals surface area contributed by atoms with Crippen LogP contribution in [0, 0.1) is 18.3 Å². The quantitative estimate of drug-likeness (QED) is 0.910. The second-order valence-corrected chi connectivity index (χ2v) is 4.41. The molecule has 0 saturated heterocycles. The Hall–Kier alpha value is -2.60. The minimum absolute atomic E-state index is 0.0827. The molecule has 1 N–H and O–H groups in total. The molecule has 0 aliphatic carbocycles. The van der Waals surface area contributed by atoms with E-state index in [2.05, 4.69) is 5.32 Å². The van der Waals surface area contributed by atoms with E-state index in [1.54, 1.807) is 24.3 Å². The molecule has 3 heteroatoms. The Labute approximate surface area is 112 Å². The first-order valence-corrected chi connectivity index (χ1v) is 6.03. The average Bonchev–Trinajstić information content (AvgIpc) is 2.38. The number of carbonyl (C=O) groups excluding carboxylic acids is 1. The minimum atomic E-state index is -0.0827. The van der Waals surface area contributed by atoms with E-state index < -0.39 is 0 Å². The maximum absolute atomic E-state index is 11.9. The molecule has 0 aliphatic heterocycles. The summed E-state index contributed by atoms with van der Waals surface area (Å²) < 4.78 is 0. The second kappa shape index (κ2) is 5.83. The molecule has 0 atom stereocenters. The molecule has 0 unspecified atom stereocenters. The Morgan fingerprint density at radius 2 is 2.00 bits per heavy atom. The first kappa shape index (κ1) is 12.8. The number of anilines is 1. The Bertz CT molecular complexity index is 641. The van der Waals surface area contributed by atoms with E-state index in [4.69, 9.17) is 5.26 Å². The van der Waals surface area contributed by atoms with Crippen molar-refractivity contribution >= 4 is 11.6 Å². The van der Waals surface area contributed by atoms with Gasteiger partial charge in [-0.15, -0.1) is 0 Å². The van der Waals surface area contributed by atoms with Crippen LogP contribution in [0.2, 0.25) is 0 Å². The fraction of sp³-hybridized carbons (Fsp3) is 0.125. The number of amides is 1. The average molecular weight is 250 g/mol. The first-order chi connectivity index (χ1) is 9.17. The van der Waals surface area contributed by atoms with Crippen LogP contribution in [-0.4, -0.2) is 5.91 Å². The molecule has 3 nitrogen and oxygen atoms in total. The first-order valence-electron chi connectivity index (χ1n) is 6.03. The molecule has 0 bridgehead atoms. The summed E-state index contributed by atoms with van der Waals surface area (Å²) in [5.41, 5.74) is 3.30. The number of hydrogen-bond acceptors (Lipinski definition) is 2. The van der Waals surface area contributed by atoms with E-state index in [9.17, 15) is 4.79 Å². The van der Waals surface area contributed by atoms with Gasteiger partial charge < -0.3 is 5.32 Å². The number of hydrogen-bond donors (Lipinski definition) is 1. The molecule has 19 heavy (non-hydrogen) atoms. The van der Waals surface area contributed by atoms with Gasteiger partial charge in [0.05, 0.1) is 18.1 Å². The molecule has 0 heterocycles. The van der Waals surface area contributed by atoms with E-state index >= 15 is 0 Å². The summed E-state index contributed by atoms with van der Waals surface area (Å²) in [5.74, 6) is -0.0827. The standard InChI is InChI=1S/C16H14N2O/c1-12-4-2-5-13(8-12)10-16(19)18-15-7-3-6-14(9-15)11-17/h2-9H,10H2,1H3,(H,18,19). The highest BCUT2D eigenvalue weighted by atomic mass is 16.1. The molecular weight excluding hydrogens is 236 g/mol. The van der Waals surface area contributed by atoms with Gasteiger partial charge >= 0.3 is 0 Å². The molecule has 0 aromatic heterocycles. The summed E-state index contributed by atoms with van der Waals surface area (Å²) in [6.07, 6.45) is 0.332. The van der Waals surface area contributed by atoms with Crippen LogP contribution >= 0.6 is 0 Å². The van der Waals surface area contributed by atoms with Crippen molar-refractivity contribution < 1.29 is 4.79 Å². The fourth-order valence-electron chi connectivity index (χ4n) is 1.88. The van der Waals surface area contributed by atoms with Crippen LogP contribution in [0.1, 0.15) is 16.7 Å². The third-order valence-electron chi connectivity index (χ3n) is 2.72. The van der Waals surface area contributed by atoms with Gasteiger partial charge in [-0.05, 0) is 30.7 Å². The van der Waals surface area contributed by atoms with Crippen molar-refractivity contribution in [3.8, 4) is 6.07 Å². The topological polar surface area (TPSA) is 52.9 Å². The SMILES string of the molecule is Cc1cccc(CC(=O)Nc2cccc(C#N)c2)c1. The van der Waals surface area contributed by atoms with Crippen molar-refractivity contribution in [3.05, 3.63) is 65.2 Å². The van der Waals surface area contributed by atoms with Crippen molar-refractivity contribution in [3.63, 3.8) is 0 Å². The predicted molar refractivity (Wildman–Crippen MR) is 74.7 cm³/mol. The second-order valence-electron chi connectivity index (χ2n) is 4.41. The minimum Gasteiger partial charge on any atom is -0.326 e. The van der Waals surface area contributed by atoms with Crippen LogP contribution in [-0.2, 0) is 11.2 Å². The third kappa shape index (κ3) is 3.68. The van der Waals surface area contributed by atoms with Crippen LogP contribution in [0.25, 0.3) is 0 Å². The van der Waals surface area contributed by atoms with Gasteiger partial charge in [-0.3, -0.25) is 4.79 Å². The van der Waals surface area contributed by atoms with Crippen molar-refractivity contribution in [1.29, 1.82) is 5.26 Å². The molecule has 0 spiro atoms. The summed E-state index contributed by atoms with van der Waals surface area (Å²) in [6, 6.07) is 16.8. The Kier molecular flexibility index (Phi) is 3.94. The highest BCUT2D eigenvalue weighted by Crippen LogP contribution is 2.11. The summed E-state index contributed by atoms with van der Waals surface area (Å²) in [5, 5.41) is 11.6. The Morgan fingerprint density at radius 1 is 1.21 bits per heavy atom. The van der Waals surface area contributed by atoms with E-state index in [1.165, 1.54) is 0 Å². The van der Waals surface area contributed by atoms with E-state index in [0.29, 0.717) is 17.7 Å². The molecule has 1 amide bonds. The van der Waals surface area contributed by atoms with Crippen LogP contribution in [0.4, 0.5) is 5.69 Å². The zero-order valence-corrected chi connectivity index (χ0v) is 10.7. The van der Waals surface area contributed by atoms with E-state index in [-0.39, 0.29) is 5.91 Å². The zero-order chi connectivity index (χ0) is 13.7. The Morgan fingerprint density at radius 3 is 2.74 bits per heavy atom. The fourth-order valence-corrected chi connectivity index (χ4v) is 1.88. The van der Waals surface area contributed by atoms with Gasteiger partial charge in [0.25, 0.3) is 0 Å². The lowest BCUT2D eigenvalue weighted by atomic mass is 10.1. The monoisotopic (exact) mass is 250 g/mol. The lowest BCUT2D eigenvalue weighted by Gasteiger charge is -2.06. The van der Waals surface area contributed by atoms with Gasteiger partial charge in [0.2, 0.25) is 5.91 Å². The summed E-state index contributed by atoms with van der Waals surface area (Å²) in [6.45, 7) is 2.00. The van der Waals surface area contributed by atoms with Crippen LogP contribution in [0.3, 0.4) is 0 Å². The molecular formula is C16H14N2O. The van der Waals surface area contributed by atoms with Crippen molar-refractivity contribution in [2.45, 2.75) is 13.3 Å². The highest BCUT2D eigenvalue weighted by Gasteiger charge is 2.04. The largest absolute Gasteiger partial charge is 0.326 e. The van der Waals surface area contributed by atoms with E-state index in [0.717, 1.165) is 11.1 Å². The number of aryl methyl sites for hydroxylation is 1. The number of nitrogens with one attached hydrogen (secondary N) is 1. The maximum atomic E-state index is 11.9. The van der Waals surface area contributed by atoms with Crippen LogP contribution in [0.15, 0.2) is 48.5 Å². The summed E-state index contributed by atoms with van der Waals surface area (Å²) >= 11 is 0. The van der Waals surface area contributed by atoms with Gasteiger partial charge in [0, 0.05) is 5.69 Å². The normalized spacial score (nSPS) is 9.68. The lowest BCUT2D eigenvalue weighted by Crippen LogP contribution is -2.14. The molecule has 2 aromatic rings. The molecule has 0 fully saturated rings. The molecule has 94 valence electrons. The molecule has 2 rings (SSSR count). The van der Waals surface area contributed by atoms with Crippen molar-refractivity contribution in [2.24, 2.45) is 0 Å². The van der Waals surface area contributed by atoms with Gasteiger partial charge in [0.15, 0.2) is 0 Å². The molecule has 2 aromatic carbocycles. The van der Waals surface area contributed by atoms with Gasteiger partial charge in [-0.2, -0.15) is 5.26 Å². The van der Waals surface area contributed by atoms with Gasteiger partial charge in [-0.25, -0.2) is 0 Å². The van der Waals surface area contributed by atoms with Gasteiger partial charge in [0.1, 0.15) is 0 Å². The van der Waals surface area contributed by atoms with Crippen molar-refractivity contribution in [2.75, 3.05) is 5.32 Å². The van der Waals surface area contributed by atoms with Crippen LogP contribution in [0.5, 0.6) is 0 Å². The number of nitrogens with zero attached hydrogens (tertiary/aromatic N) is 1. The predicted octanol–water partition coefficient (Wildman–Crippen LogP) is 3.05. The number of rotatable bonds is 3.